The smallest absolute Gasteiger partial charge is 0.107 e. The molecule has 2 heterocycles. The average Bonchev–Trinajstić information content (AvgIpc) is 2.91. The van der Waals surface area contributed by atoms with Gasteiger partial charge in [-0.15, -0.1) is 11.3 Å². The highest BCUT2D eigenvalue weighted by atomic mass is 32.1. The number of rotatable bonds is 4. The Bertz CT molecular complexity index is 336. The quantitative estimate of drug-likeness (QED) is 0.870. The number of aryl methyl sites for hydroxylation is 2. The maximum atomic E-state index is 5.57. The van der Waals surface area contributed by atoms with Crippen molar-refractivity contribution in [3.05, 3.63) is 15.6 Å². The topological polar surface area (TPSA) is 34.2 Å². The van der Waals surface area contributed by atoms with E-state index in [1.54, 1.807) is 0 Å². The maximum absolute atomic E-state index is 5.57. The predicted molar refractivity (Wildman–Crippen MR) is 64.8 cm³/mol. The Morgan fingerprint density at radius 1 is 1.38 bits per heavy atom. The number of nitrogens with one attached hydrogen (secondary N) is 1. The summed E-state index contributed by atoms with van der Waals surface area (Å²) in [4.78, 5) is 6.19. The van der Waals surface area contributed by atoms with E-state index in [9.17, 15) is 0 Å². The molecule has 1 aromatic rings. The van der Waals surface area contributed by atoms with Crippen LogP contribution >= 0.6 is 11.3 Å². The Morgan fingerprint density at radius 3 is 3.19 bits per heavy atom. The zero-order chi connectivity index (χ0) is 10.8. The standard InChI is InChI=1S/C12H18N2OS/c1-4-10-11(5-1)16-12(14-10)8-13-7-9-3-2-6-15-9/h9,13H,1-8H2. The number of nitrogens with zero attached hydrogens (tertiary/aromatic N) is 1. The number of ether oxygens (including phenoxy) is 1. The van der Waals surface area contributed by atoms with Gasteiger partial charge in [0.05, 0.1) is 11.8 Å². The van der Waals surface area contributed by atoms with Gasteiger partial charge in [0.2, 0.25) is 0 Å². The van der Waals surface area contributed by atoms with E-state index >= 15 is 0 Å². The second-order valence-corrected chi connectivity index (χ2v) is 5.77. The maximum Gasteiger partial charge on any atom is 0.107 e. The van der Waals surface area contributed by atoms with Crippen LogP contribution in [0.3, 0.4) is 0 Å². The van der Waals surface area contributed by atoms with Gasteiger partial charge < -0.3 is 10.1 Å². The van der Waals surface area contributed by atoms with Crippen molar-refractivity contribution in [2.24, 2.45) is 0 Å². The van der Waals surface area contributed by atoms with Crippen LogP contribution in [0.5, 0.6) is 0 Å². The Morgan fingerprint density at radius 2 is 2.38 bits per heavy atom. The van der Waals surface area contributed by atoms with E-state index in [4.69, 9.17) is 4.74 Å². The van der Waals surface area contributed by atoms with Crippen LogP contribution in [0.15, 0.2) is 0 Å². The Balaban J connectivity index is 1.47. The van der Waals surface area contributed by atoms with Crippen LogP contribution in [0.4, 0.5) is 0 Å². The molecule has 4 heteroatoms. The number of fused-ring (bicyclic) bond motifs is 1. The summed E-state index contributed by atoms with van der Waals surface area (Å²) in [5.41, 5.74) is 1.36. The van der Waals surface area contributed by atoms with Crippen molar-refractivity contribution >= 4 is 11.3 Å². The summed E-state index contributed by atoms with van der Waals surface area (Å²) in [5, 5.41) is 4.71. The van der Waals surface area contributed by atoms with Crippen molar-refractivity contribution in [3.8, 4) is 0 Å². The molecule has 3 rings (SSSR count). The van der Waals surface area contributed by atoms with Crippen molar-refractivity contribution in [1.82, 2.24) is 10.3 Å². The molecule has 2 aliphatic rings. The molecule has 1 saturated heterocycles. The van der Waals surface area contributed by atoms with Gasteiger partial charge in [-0.1, -0.05) is 0 Å². The Kier molecular flexibility index (Phi) is 3.22. The molecule has 1 aliphatic carbocycles. The van der Waals surface area contributed by atoms with Crippen LogP contribution in [0.25, 0.3) is 0 Å². The lowest BCUT2D eigenvalue weighted by Crippen LogP contribution is -2.25. The van der Waals surface area contributed by atoms with Gasteiger partial charge in [-0.3, -0.25) is 0 Å². The molecule has 3 nitrogen and oxygen atoms in total. The lowest BCUT2D eigenvalue weighted by atomic mass is 10.2. The molecule has 0 amide bonds. The van der Waals surface area contributed by atoms with Crippen molar-refractivity contribution in [2.45, 2.75) is 44.8 Å². The largest absolute Gasteiger partial charge is 0.377 e. The fraction of sp³-hybridized carbons (Fsp3) is 0.750. The normalized spacial score (nSPS) is 23.9. The van der Waals surface area contributed by atoms with E-state index in [-0.39, 0.29) is 0 Å². The zero-order valence-corrected chi connectivity index (χ0v) is 10.3. The number of hydrogen-bond acceptors (Lipinski definition) is 4. The third kappa shape index (κ3) is 2.29. The molecule has 0 aromatic carbocycles. The second-order valence-electron chi connectivity index (χ2n) is 4.60. The van der Waals surface area contributed by atoms with Crippen molar-refractivity contribution in [2.75, 3.05) is 13.2 Å². The van der Waals surface area contributed by atoms with E-state index in [1.165, 1.54) is 47.7 Å². The highest BCUT2D eigenvalue weighted by Crippen LogP contribution is 2.27. The molecule has 0 bridgehead atoms. The highest BCUT2D eigenvalue weighted by molar-refractivity contribution is 7.11. The van der Waals surface area contributed by atoms with Gasteiger partial charge in [-0.05, 0) is 32.1 Å². The second kappa shape index (κ2) is 4.82. The van der Waals surface area contributed by atoms with E-state index in [0.717, 1.165) is 19.7 Å². The van der Waals surface area contributed by atoms with Crippen molar-refractivity contribution in [3.63, 3.8) is 0 Å². The predicted octanol–water partition coefficient (Wildman–Crippen LogP) is 1.90. The third-order valence-electron chi connectivity index (χ3n) is 3.31. The molecule has 1 fully saturated rings. The first kappa shape index (κ1) is 10.7. The fourth-order valence-electron chi connectivity index (χ4n) is 2.46. The monoisotopic (exact) mass is 238 g/mol. The van der Waals surface area contributed by atoms with Crippen molar-refractivity contribution < 1.29 is 4.74 Å². The van der Waals surface area contributed by atoms with Crippen LogP contribution in [0.2, 0.25) is 0 Å². The molecule has 0 radical (unpaired) electrons. The molecule has 0 spiro atoms. The van der Waals surface area contributed by atoms with Crippen LogP contribution in [-0.4, -0.2) is 24.2 Å². The van der Waals surface area contributed by atoms with Crippen molar-refractivity contribution in [1.29, 1.82) is 0 Å². The molecule has 1 atom stereocenters. The van der Waals surface area contributed by atoms with Gasteiger partial charge in [-0.2, -0.15) is 0 Å². The minimum atomic E-state index is 0.437. The Labute approximate surface area is 100 Å². The summed E-state index contributed by atoms with van der Waals surface area (Å²) >= 11 is 1.89. The minimum absolute atomic E-state index is 0.437. The summed E-state index contributed by atoms with van der Waals surface area (Å²) in [6.45, 7) is 2.83. The lowest BCUT2D eigenvalue weighted by Gasteiger charge is -2.09. The summed E-state index contributed by atoms with van der Waals surface area (Å²) < 4.78 is 5.57. The van der Waals surface area contributed by atoms with E-state index in [0.29, 0.717) is 6.10 Å². The van der Waals surface area contributed by atoms with E-state index in [2.05, 4.69) is 10.3 Å². The molecule has 16 heavy (non-hydrogen) atoms. The summed E-state index contributed by atoms with van der Waals surface area (Å²) in [6, 6.07) is 0. The van der Waals surface area contributed by atoms with Crippen LogP contribution in [0.1, 0.15) is 34.8 Å². The molecule has 1 unspecified atom stereocenters. The summed E-state index contributed by atoms with van der Waals surface area (Å²) in [6.07, 6.45) is 6.61. The number of thiazole rings is 1. The van der Waals surface area contributed by atoms with Crippen LogP contribution in [0, 0.1) is 0 Å². The molecule has 1 aromatic heterocycles. The molecule has 1 aliphatic heterocycles. The minimum Gasteiger partial charge on any atom is -0.377 e. The number of hydrogen-bond donors (Lipinski definition) is 1. The SMILES string of the molecule is C1Cc2nc(CNCC3CCCO3)sc2C1. The van der Waals surface area contributed by atoms with Gasteiger partial charge in [-0.25, -0.2) is 4.98 Å². The first-order chi connectivity index (χ1) is 7.92. The van der Waals surface area contributed by atoms with E-state index < -0.39 is 0 Å². The molecular weight excluding hydrogens is 220 g/mol. The summed E-state index contributed by atoms with van der Waals surface area (Å²) in [5.74, 6) is 0. The summed E-state index contributed by atoms with van der Waals surface area (Å²) in [7, 11) is 0. The number of aromatic nitrogens is 1. The first-order valence-corrected chi connectivity index (χ1v) is 7.03. The highest BCUT2D eigenvalue weighted by Gasteiger charge is 2.17. The Hall–Kier alpha value is -0.450. The van der Waals surface area contributed by atoms with Gasteiger partial charge in [0.15, 0.2) is 0 Å². The average molecular weight is 238 g/mol. The lowest BCUT2D eigenvalue weighted by molar-refractivity contribution is 0.110. The van der Waals surface area contributed by atoms with Gasteiger partial charge >= 0.3 is 0 Å². The fourth-order valence-corrected chi connectivity index (χ4v) is 3.59. The van der Waals surface area contributed by atoms with Crippen LogP contribution in [-0.2, 0) is 24.1 Å². The zero-order valence-electron chi connectivity index (χ0n) is 9.50. The third-order valence-corrected chi connectivity index (χ3v) is 4.47. The first-order valence-electron chi connectivity index (χ1n) is 6.21. The molecule has 88 valence electrons. The molecular formula is C12H18N2OS. The molecule has 1 N–H and O–H groups in total. The van der Waals surface area contributed by atoms with Gasteiger partial charge in [0.1, 0.15) is 5.01 Å². The van der Waals surface area contributed by atoms with E-state index in [1.807, 2.05) is 11.3 Å². The molecule has 0 saturated carbocycles. The van der Waals surface area contributed by atoms with Gasteiger partial charge in [0, 0.05) is 24.6 Å². The van der Waals surface area contributed by atoms with Crippen LogP contribution < -0.4 is 5.32 Å². The van der Waals surface area contributed by atoms with Gasteiger partial charge in [0.25, 0.3) is 0 Å².